The molecule has 2 aliphatic heterocycles. The molecule has 7 nitrogen and oxygen atoms in total. The lowest BCUT2D eigenvalue weighted by Crippen LogP contribution is -2.46. The van der Waals surface area contributed by atoms with Gasteiger partial charge >= 0.3 is 0 Å². The van der Waals surface area contributed by atoms with Gasteiger partial charge in [-0.05, 0) is 25.6 Å². The molecule has 2 heterocycles. The summed E-state index contributed by atoms with van der Waals surface area (Å²) in [6, 6.07) is 0. The third kappa shape index (κ3) is 5.35. The van der Waals surface area contributed by atoms with Crippen LogP contribution in [0.25, 0.3) is 0 Å². The molecule has 0 aromatic rings. The summed E-state index contributed by atoms with van der Waals surface area (Å²) in [7, 11) is 3.68. The Balaban J connectivity index is 2.25. The zero-order valence-electron chi connectivity index (χ0n) is 16.2. The minimum absolute atomic E-state index is 0.243. The van der Waals surface area contributed by atoms with Gasteiger partial charge < -0.3 is 26.4 Å². The first-order chi connectivity index (χ1) is 13.0. The predicted molar refractivity (Wildman–Crippen MR) is 111 cm³/mol. The Labute approximate surface area is 161 Å². The van der Waals surface area contributed by atoms with Crippen molar-refractivity contribution in [1.82, 2.24) is 20.9 Å². The fourth-order valence-electron chi connectivity index (χ4n) is 2.72. The van der Waals surface area contributed by atoms with E-state index in [-0.39, 0.29) is 6.17 Å². The molecule has 0 radical (unpaired) electrons. The van der Waals surface area contributed by atoms with Gasteiger partial charge in [0.2, 0.25) is 0 Å². The molecule has 0 saturated carbocycles. The zero-order chi connectivity index (χ0) is 19.8. The van der Waals surface area contributed by atoms with E-state index in [9.17, 15) is 5.11 Å². The zero-order valence-corrected chi connectivity index (χ0v) is 16.2. The van der Waals surface area contributed by atoms with E-state index in [4.69, 9.17) is 10.7 Å². The average Bonchev–Trinajstić information content (AvgIpc) is 2.67. The highest BCUT2D eigenvalue weighted by Crippen LogP contribution is 2.18. The second-order valence-corrected chi connectivity index (χ2v) is 6.27. The van der Waals surface area contributed by atoms with Crippen LogP contribution in [0.2, 0.25) is 0 Å². The number of allylic oxidation sites excluding steroid dienone is 6. The molecule has 0 amide bonds. The quantitative estimate of drug-likeness (QED) is 0.323. The number of nitrogens with one attached hydrogen (secondary N) is 3. The maximum absolute atomic E-state index is 9.80. The number of nitrogens with two attached hydrogens (primary N) is 1. The molecule has 2 unspecified atom stereocenters. The van der Waals surface area contributed by atoms with Gasteiger partial charge in [-0.15, -0.1) is 0 Å². The Morgan fingerprint density at radius 1 is 1.56 bits per heavy atom. The Bertz CT molecular complexity index is 729. The standard InChI is InChI=1S/C20H30N6O/c1-5-7-8-9-15(6-2)24-20(22-3)18-19(21)23-12-16(25-18)14-10-11-17(27)26(4)13-14/h5,7-11,13,17,20,22-24,27H,1,6,12,21H2,2-4H3/b8-7-,15-9+. The minimum atomic E-state index is -0.612. The molecule has 146 valence electrons. The molecule has 7 heteroatoms. The largest absolute Gasteiger partial charge is 0.384 e. The van der Waals surface area contributed by atoms with E-state index in [1.807, 2.05) is 44.6 Å². The highest BCUT2D eigenvalue weighted by atomic mass is 16.3. The summed E-state index contributed by atoms with van der Waals surface area (Å²) in [5, 5.41) is 19.7. The first kappa shape index (κ1) is 20.5. The Morgan fingerprint density at radius 3 is 2.96 bits per heavy atom. The van der Waals surface area contributed by atoms with Crippen LogP contribution in [0.4, 0.5) is 0 Å². The maximum atomic E-state index is 9.80. The van der Waals surface area contributed by atoms with Gasteiger partial charge in [0, 0.05) is 24.5 Å². The van der Waals surface area contributed by atoms with Crippen molar-refractivity contribution in [3.63, 3.8) is 0 Å². The SMILES string of the molecule is C=C/C=C\C=C(/CC)NC(NC)C1=C(N)NCC(C2=CN(C)C(O)C=C2)=N1. The van der Waals surface area contributed by atoms with Crippen LogP contribution in [0, 0.1) is 0 Å². The van der Waals surface area contributed by atoms with Gasteiger partial charge in [-0.2, -0.15) is 0 Å². The number of hydrogen-bond donors (Lipinski definition) is 5. The number of hydrogen-bond acceptors (Lipinski definition) is 7. The first-order valence-electron chi connectivity index (χ1n) is 9.03. The van der Waals surface area contributed by atoms with E-state index in [1.54, 1.807) is 17.1 Å². The minimum Gasteiger partial charge on any atom is -0.384 e. The smallest absolute Gasteiger partial charge is 0.145 e. The van der Waals surface area contributed by atoms with Crippen molar-refractivity contribution >= 4 is 5.71 Å². The molecule has 0 aromatic heterocycles. The van der Waals surface area contributed by atoms with Crippen LogP contribution < -0.4 is 21.7 Å². The van der Waals surface area contributed by atoms with Gasteiger partial charge in [0.05, 0.1) is 12.3 Å². The number of likely N-dealkylation sites (N-methyl/N-ethyl adjacent to an activating group) is 2. The average molecular weight is 371 g/mol. The van der Waals surface area contributed by atoms with Crippen molar-refractivity contribution in [2.45, 2.75) is 25.7 Å². The monoisotopic (exact) mass is 370 g/mol. The lowest BCUT2D eigenvalue weighted by molar-refractivity contribution is 0.0968. The van der Waals surface area contributed by atoms with Crippen LogP contribution in [-0.4, -0.2) is 48.8 Å². The van der Waals surface area contributed by atoms with Crippen molar-refractivity contribution in [2.75, 3.05) is 20.6 Å². The molecule has 0 spiro atoms. The van der Waals surface area contributed by atoms with Crippen LogP contribution in [0.15, 0.2) is 77.0 Å². The van der Waals surface area contributed by atoms with E-state index in [1.165, 1.54) is 0 Å². The molecule has 27 heavy (non-hydrogen) atoms. The van der Waals surface area contributed by atoms with Crippen LogP contribution >= 0.6 is 0 Å². The van der Waals surface area contributed by atoms with Crippen LogP contribution in [0.1, 0.15) is 13.3 Å². The second-order valence-electron chi connectivity index (χ2n) is 6.27. The summed E-state index contributed by atoms with van der Waals surface area (Å²) >= 11 is 0. The topological polar surface area (TPSA) is 97.9 Å². The Hall–Kier alpha value is -2.77. The fourth-order valence-corrected chi connectivity index (χ4v) is 2.72. The molecular formula is C20H30N6O. The number of aliphatic imine (C=N–C) groups is 1. The highest BCUT2D eigenvalue weighted by molar-refractivity contribution is 6.05. The summed E-state index contributed by atoms with van der Waals surface area (Å²) in [6.07, 6.45) is 13.0. The van der Waals surface area contributed by atoms with Crippen LogP contribution in [0.5, 0.6) is 0 Å². The van der Waals surface area contributed by atoms with Gasteiger partial charge in [0.1, 0.15) is 23.9 Å². The molecule has 0 fully saturated rings. The first-order valence-corrected chi connectivity index (χ1v) is 9.03. The molecular weight excluding hydrogens is 340 g/mol. The molecule has 0 aromatic carbocycles. The predicted octanol–water partition coefficient (Wildman–Crippen LogP) is 1.03. The highest BCUT2D eigenvalue weighted by Gasteiger charge is 2.23. The van der Waals surface area contributed by atoms with Gasteiger partial charge in [-0.1, -0.05) is 37.8 Å². The summed E-state index contributed by atoms with van der Waals surface area (Å²) in [4.78, 5) is 6.53. The summed E-state index contributed by atoms with van der Waals surface area (Å²) < 4.78 is 0. The number of rotatable bonds is 8. The number of aliphatic hydroxyl groups is 1. The third-order valence-corrected chi connectivity index (χ3v) is 4.34. The van der Waals surface area contributed by atoms with Gasteiger partial charge in [0.25, 0.3) is 0 Å². The van der Waals surface area contributed by atoms with Crippen molar-refractivity contribution in [3.8, 4) is 0 Å². The van der Waals surface area contributed by atoms with Crippen molar-refractivity contribution in [1.29, 1.82) is 0 Å². The van der Waals surface area contributed by atoms with E-state index < -0.39 is 6.23 Å². The molecule has 0 bridgehead atoms. The molecule has 2 aliphatic rings. The Kier molecular flexibility index (Phi) is 7.45. The van der Waals surface area contributed by atoms with Gasteiger partial charge in [-0.25, -0.2) is 4.99 Å². The maximum Gasteiger partial charge on any atom is 0.145 e. The molecule has 6 N–H and O–H groups in total. The fraction of sp³-hybridized carbons (Fsp3) is 0.350. The molecule has 0 saturated heterocycles. The van der Waals surface area contributed by atoms with E-state index in [2.05, 4.69) is 29.5 Å². The lowest BCUT2D eigenvalue weighted by atomic mass is 10.1. The molecule has 2 atom stereocenters. The van der Waals surface area contributed by atoms with Gasteiger partial charge in [0.15, 0.2) is 0 Å². The third-order valence-electron chi connectivity index (χ3n) is 4.34. The normalized spacial score (nSPS) is 21.7. The van der Waals surface area contributed by atoms with Gasteiger partial charge in [-0.3, -0.25) is 5.32 Å². The molecule has 2 rings (SSSR count). The summed E-state index contributed by atoms with van der Waals surface area (Å²) in [5.41, 5.74) is 9.74. The summed E-state index contributed by atoms with van der Waals surface area (Å²) in [5.74, 6) is 0.538. The van der Waals surface area contributed by atoms with Crippen LogP contribution in [-0.2, 0) is 0 Å². The van der Waals surface area contributed by atoms with E-state index in [0.29, 0.717) is 18.1 Å². The van der Waals surface area contributed by atoms with Crippen molar-refractivity contribution < 1.29 is 5.11 Å². The number of aliphatic hydroxyl groups excluding tert-OH is 1. The van der Waals surface area contributed by atoms with Crippen LogP contribution in [0.3, 0.4) is 0 Å². The van der Waals surface area contributed by atoms with Crippen molar-refractivity contribution in [3.05, 3.63) is 72.0 Å². The van der Waals surface area contributed by atoms with E-state index >= 15 is 0 Å². The van der Waals surface area contributed by atoms with E-state index in [0.717, 1.165) is 23.4 Å². The lowest BCUT2D eigenvalue weighted by Gasteiger charge is -2.29. The molecule has 0 aliphatic carbocycles. The summed E-state index contributed by atoms with van der Waals surface area (Å²) in [6.45, 7) is 6.29. The Morgan fingerprint density at radius 2 is 2.33 bits per heavy atom. The second kappa shape index (κ2) is 9.80. The van der Waals surface area contributed by atoms with Crippen molar-refractivity contribution in [2.24, 2.45) is 10.7 Å². The number of nitrogens with zero attached hydrogens (tertiary/aromatic N) is 2.